The maximum atomic E-state index is 11.9. The number of anilines is 1. The Kier molecular flexibility index (Phi) is 5.50. The SMILES string of the molecule is O=Cc1ccc(C(=O)OCC(=O)Nc2nc(-c3ccccc3)cs2)cc1. The van der Waals surface area contributed by atoms with Crippen LogP contribution in [-0.2, 0) is 9.53 Å². The molecule has 0 spiro atoms. The van der Waals surface area contributed by atoms with Crippen molar-refractivity contribution >= 4 is 34.6 Å². The lowest BCUT2D eigenvalue weighted by Crippen LogP contribution is -2.20. The molecule has 1 amide bonds. The smallest absolute Gasteiger partial charge is 0.338 e. The summed E-state index contributed by atoms with van der Waals surface area (Å²) in [5.74, 6) is -1.11. The van der Waals surface area contributed by atoms with Gasteiger partial charge < -0.3 is 4.74 Å². The highest BCUT2D eigenvalue weighted by Crippen LogP contribution is 2.24. The topological polar surface area (TPSA) is 85.4 Å². The third-order valence-electron chi connectivity index (χ3n) is 3.44. The van der Waals surface area contributed by atoms with Crippen LogP contribution in [0.3, 0.4) is 0 Å². The van der Waals surface area contributed by atoms with Crippen molar-refractivity contribution in [2.24, 2.45) is 0 Å². The summed E-state index contributed by atoms with van der Waals surface area (Å²) in [5.41, 5.74) is 2.44. The van der Waals surface area contributed by atoms with Crippen LogP contribution in [0.4, 0.5) is 5.13 Å². The number of nitrogens with zero attached hydrogens (tertiary/aromatic N) is 1. The van der Waals surface area contributed by atoms with Gasteiger partial charge in [0, 0.05) is 16.5 Å². The quantitative estimate of drug-likeness (QED) is 0.534. The van der Waals surface area contributed by atoms with Gasteiger partial charge in [-0.05, 0) is 12.1 Å². The largest absolute Gasteiger partial charge is 0.452 e. The normalized spacial score (nSPS) is 10.2. The van der Waals surface area contributed by atoms with E-state index in [0.29, 0.717) is 17.0 Å². The Labute approximate surface area is 153 Å². The van der Waals surface area contributed by atoms with Gasteiger partial charge in [-0.15, -0.1) is 11.3 Å². The van der Waals surface area contributed by atoms with Gasteiger partial charge in [0.15, 0.2) is 11.7 Å². The van der Waals surface area contributed by atoms with Crippen LogP contribution in [0.15, 0.2) is 60.0 Å². The number of rotatable bonds is 6. The second-order valence-electron chi connectivity index (χ2n) is 5.27. The molecule has 1 heterocycles. The van der Waals surface area contributed by atoms with E-state index in [-0.39, 0.29) is 5.56 Å². The molecule has 7 heteroatoms. The van der Waals surface area contributed by atoms with Crippen molar-refractivity contribution in [3.63, 3.8) is 0 Å². The molecule has 0 aliphatic rings. The molecule has 0 aliphatic heterocycles. The predicted molar refractivity (Wildman–Crippen MR) is 98.3 cm³/mol. The molecule has 130 valence electrons. The second-order valence-corrected chi connectivity index (χ2v) is 6.13. The zero-order valence-electron chi connectivity index (χ0n) is 13.5. The molecule has 6 nitrogen and oxygen atoms in total. The minimum absolute atomic E-state index is 0.268. The van der Waals surface area contributed by atoms with Crippen molar-refractivity contribution in [1.29, 1.82) is 0 Å². The molecule has 0 radical (unpaired) electrons. The average Bonchev–Trinajstić information content (AvgIpc) is 3.15. The number of carbonyl (C=O) groups is 3. The molecule has 0 fully saturated rings. The van der Waals surface area contributed by atoms with E-state index >= 15 is 0 Å². The minimum atomic E-state index is -0.637. The van der Waals surface area contributed by atoms with E-state index in [0.717, 1.165) is 11.3 Å². The van der Waals surface area contributed by atoms with Crippen LogP contribution in [0, 0.1) is 0 Å². The van der Waals surface area contributed by atoms with Crippen molar-refractivity contribution in [2.45, 2.75) is 0 Å². The summed E-state index contributed by atoms with van der Waals surface area (Å²) in [5, 5.41) is 4.87. The lowest BCUT2D eigenvalue weighted by Gasteiger charge is -2.05. The highest BCUT2D eigenvalue weighted by molar-refractivity contribution is 7.14. The minimum Gasteiger partial charge on any atom is -0.452 e. The lowest BCUT2D eigenvalue weighted by molar-refractivity contribution is -0.119. The first-order valence-corrected chi connectivity index (χ1v) is 8.57. The van der Waals surface area contributed by atoms with Gasteiger partial charge in [0.1, 0.15) is 6.29 Å². The molecule has 1 N–H and O–H groups in total. The molecule has 0 bridgehead atoms. The van der Waals surface area contributed by atoms with Crippen LogP contribution >= 0.6 is 11.3 Å². The fraction of sp³-hybridized carbons (Fsp3) is 0.0526. The number of benzene rings is 2. The second kappa shape index (κ2) is 8.17. The Bertz CT molecular complexity index is 920. The highest BCUT2D eigenvalue weighted by Gasteiger charge is 2.12. The number of hydrogen-bond acceptors (Lipinski definition) is 6. The standard InChI is InChI=1S/C19H14N2O4S/c22-10-13-6-8-15(9-7-13)18(24)25-11-17(23)21-19-20-16(12-26-19)14-4-2-1-3-5-14/h1-10,12H,11H2,(H,20,21,23). The molecule has 3 aromatic rings. The van der Waals surface area contributed by atoms with E-state index in [9.17, 15) is 14.4 Å². The van der Waals surface area contributed by atoms with E-state index in [1.807, 2.05) is 35.7 Å². The molecule has 0 unspecified atom stereocenters. The molecular formula is C19H14N2O4S. The number of esters is 1. The van der Waals surface area contributed by atoms with Gasteiger partial charge in [0.2, 0.25) is 0 Å². The first kappa shape index (κ1) is 17.5. The maximum absolute atomic E-state index is 11.9. The number of aldehydes is 1. The zero-order valence-corrected chi connectivity index (χ0v) is 14.4. The van der Waals surface area contributed by atoms with Gasteiger partial charge in [0.25, 0.3) is 5.91 Å². The zero-order chi connectivity index (χ0) is 18.4. The molecule has 26 heavy (non-hydrogen) atoms. The molecule has 2 aromatic carbocycles. The number of nitrogens with one attached hydrogen (secondary N) is 1. The predicted octanol–water partition coefficient (Wildman–Crippen LogP) is 3.42. The summed E-state index contributed by atoms with van der Waals surface area (Å²) in [6.45, 7) is -0.422. The van der Waals surface area contributed by atoms with Crippen molar-refractivity contribution in [3.8, 4) is 11.3 Å². The Morgan fingerprint density at radius 3 is 2.50 bits per heavy atom. The molecule has 0 atom stereocenters. The molecule has 3 rings (SSSR count). The number of hydrogen-bond donors (Lipinski definition) is 1. The van der Waals surface area contributed by atoms with Gasteiger partial charge in [-0.1, -0.05) is 42.5 Å². The van der Waals surface area contributed by atoms with E-state index in [2.05, 4.69) is 10.3 Å². The van der Waals surface area contributed by atoms with Gasteiger partial charge >= 0.3 is 5.97 Å². The van der Waals surface area contributed by atoms with E-state index < -0.39 is 18.5 Å². The third-order valence-corrected chi connectivity index (χ3v) is 4.19. The monoisotopic (exact) mass is 366 g/mol. The number of thiazole rings is 1. The van der Waals surface area contributed by atoms with Crippen molar-refractivity contribution in [2.75, 3.05) is 11.9 Å². The Balaban J connectivity index is 1.53. The highest BCUT2D eigenvalue weighted by atomic mass is 32.1. The average molecular weight is 366 g/mol. The van der Waals surface area contributed by atoms with Crippen LogP contribution in [-0.4, -0.2) is 29.8 Å². The summed E-state index contributed by atoms with van der Waals surface area (Å²) < 4.78 is 4.96. The van der Waals surface area contributed by atoms with Gasteiger partial charge in [-0.3, -0.25) is 14.9 Å². The third kappa shape index (κ3) is 4.40. The summed E-state index contributed by atoms with van der Waals surface area (Å²) >= 11 is 1.29. The Hall–Kier alpha value is -3.32. The molecular weight excluding hydrogens is 352 g/mol. The van der Waals surface area contributed by atoms with E-state index in [4.69, 9.17) is 4.74 Å². The fourth-order valence-electron chi connectivity index (χ4n) is 2.14. The van der Waals surface area contributed by atoms with Crippen LogP contribution < -0.4 is 5.32 Å². The van der Waals surface area contributed by atoms with Gasteiger partial charge in [0.05, 0.1) is 11.3 Å². The molecule has 0 saturated heterocycles. The van der Waals surface area contributed by atoms with E-state index in [1.54, 1.807) is 0 Å². The summed E-state index contributed by atoms with van der Waals surface area (Å²) in [6, 6.07) is 15.5. The lowest BCUT2D eigenvalue weighted by atomic mass is 10.1. The Morgan fingerprint density at radius 1 is 1.08 bits per heavy atom. The summed E-state index contributed by atoms with van der Waals surface area (Å²) in [6.07, 6.45) is 0.681. The van der Waals surface area contributed by atoms with Gasteiger partial charge in [-0.2, -0.15) is 0 Å². The van der Waals surface area contributed by atoms with Crippen LogP contribution in [0.25, 0.3) is 11.3 Å². The first-order valence-electron chi connectivity index (χ1n) is 7.69. The van der Waals surface area contributed by atoms with Crippen LogP contribution in [0.2, 0.25) is 0 Å². The van der Waals surface area contributed by atoms with E-state index in [1.165, 1.54) is 35.6 Å². The fourth-order valence-corrected chi connectivity index (χ4v) is 2.88. The van der Waals surface area contributed by atoms with Crippen molar-refractivity contribution in [3.05, 3.63) is 71.1 Å². The molecule has 0 saturated carbocycles. The molecule has 0 aliphatic carbocycles. The van der Waals surface area contributed by atoms with Gasteiger partial charge in [-0.25, -0.2) is 9.78 Å². The maximum Gasteiger partial charge on any atom is 0.338 e. The van der Waals surface area contributed by atoms with Crippen molar-refractivity contribution < 1.29 is 19.1 Å². The summed E-state index contributed by atoms with van der Waals surface area (Å²) in [7, 11) is 0. The van der Waals surface area contributed by atoms with Crippen molar-refractivity contribution in [1.82, 2.24) is 4.98 Å². The first-order chi connectivity index (χ1) is 12.7. The number of ether oxygens (including phenoxy) is 1. The van der Waals surface area contributed by atoms with Crippen LogP contribution in [0.1, 0.15) is 20.7 Å². The summed E-state index contributed by atoms with van der Waals surface area (Å²) in [4.78, 5) is 38.7. The number of aromatic nitrogens is 1. The molecule has 1 aromatic heterocycles. The number of carbonyl (C=O) groups excluding carboxylic acids is 3. The van der Waals surface area contributed by atoms with Crippen LogP contribution in [0.5, 0.6) is 0 Å². The Morgan fingerprint density at radius 2 is 1.81 bits per heavy atom. The number of amides is 1.